The minimum absolute atomic E-state index is 0.0194. The van der Waals surface area contributed by atoms with Crippen molar-refractivity contribution in [2.24, 2.45) is 10.8 Å². The van der Waals surface area contributed by atoms with Gasteiger partial charge in [-0.2, -0.15) is 0 Å². The van der Waals surface area contributed by atoms with Crippen LogP contribution in [0.15, 0.2) is 71.1 Å². The second-order valence-electron chi connectivity index (χ2n) is 12.8. The summed E-state index contributed by atoms with van der Waals surface area (Å²) in [5, 5.41) is 9.55. The van der Waals surface area contributed by atoms with Crippen molar-refractivity contribution >= 4 is 17.5 Å². The number of benzene rings is 2. The van der Waals surface area contributed by atoms with Crippen molar-refractivity contribution in [3.05, 3.63) is 88.0 Å². The van der Waals surface area contributed by atoms with E-state index in [2.05, 4.69) is 27.7 Å². The van der Waals surface area contributed by atoms with Crippen LogP contribution in [-0.4, -0.2) is 34.1 Å². The molecule has 2 aromatic carbocycles. The van der Waals surface area contributed by atoms with Gasteiger partial charge in [0.2, 0.25) is 0 Å². The zero-order valence-electron chi connectivity index (χ0n) is 23.6. The van der Waals surface area contributed by atoms with Gasteiger partial charge in [-0.3, -0.25) is 14.4 Å². The van der Waals surface area contributed by atoms with E-state index in [-0.39, 0.29) is 47.8 Å². The number of halogens is 1. The summed E-state index contributed by atoms with van der Waals surface area (Å²) in [6.45, 7) is 8.62. The first-order chi connectivity index (χ1) is 18.8. The van der Waals surface area contributed by atoms with Crippen LogP contribution in [0.1, 0.15) is 76.8 Å². The van der Waals surface area contributed by atoms with Crippen LogP contribution in [-0.2, 0) is 21.0 Å². The Morgan fingerprint density at radius 1 is 0.900 bits per heavy atom. The fraction of sp³-hybridized carbons (Fsp3) is 0.424. The quantitative estimate of drug-likeness (QED) is 0.424. The number of Topliss-reactive ketones (excluding diaryl/α,β-unsaturated/α-hetero) is 2. The van der Waals surface area contributed by atoms with E-state index in [1.165, 1.54) is 12.1 Å². The van der Waals surface area contributed by atoms with Gasteiger partial charge in [0, 0.05) is 53.4 Å². The number of carbonyl (C=O) groups excluding carboxylic acids is 2. The zero-order chi connectivity index (χ0) is 28.8. The molecule has 1 N–H and O–H groups in total. The van der Waals surface area contributed by atoms with E-state index in [9.17, 15) is 23.9 Å². The Morgan fingerprint density at radius 3 is 2.00 bits per heavy atom. The second kappa shape index (κ2) is 10.3. The highest BCUT2D eigenvalue weighted by Crippen LogP contribution is 2.55. The lowest BCUT2D eigenvalue weighted by molar-refractivity contribution is -0.137. The molecule has 40 heavy (non-hydrogen) atoms. The van der Waals surface area contributed by atoms with Gasteiger partial charge in [0.25, 0.3) is 0 Å². The number of ketones is 2. The van der Waals surface area contributed by atoms with Crippen molar-refractivity contribution < 1.29 is 28.6 Å². The second-order valence-corrected chi connectivity index (χ2v) is 12.8. The molecule has 3 aliphatic rings. The Morgan fingerprint density at radius 2 is 1.45 bits per heavy atom. The van der Waals surface area contributed by atoms with Crippen molar-refractivity contribution in [3.63, 3.8) is 0 Å². The first-order valence-electron chi connectivity index (χ1n) is 13.8. The van der Waals surface area contributed by atoms with E-state index in [0.717, 1.165) is 22.5 Å². The smallest absolute Gasteiger partial charge is 0.305 e. The number of hydrogen-bond acceptors (Lipinski definition) is 5. The average molecular weight is 546 g/mol. The Bertz CT molecular complexity index is 1380. The molecule has 6 nitrogen and oxygen atoms in total. The number of carboxylic acids is 1. The number of carboxylic acid groups (broad SMARTS) is 1. The highest BCUT2D eigenvalue weighted by Gasteiger charge is 2.49. The summed E-state index contributed by atoms with van der Waals surface area (Å²) in [6, 6.07) is 13.6. The summed E-state index contributed by atoms with van der Waals surface area (Å²) in [5.74, 6) is -1.32. The van der Waals surface area contributed by atoms with Crippen LogP contribution in [0.25, 0.3) is 0 Å². The van der Waals surface area contributed by atoms with Crippen molar-refractivity contribution in [1.29, 1.82) is 0 Å². The molecule has 2 aliphatic carbocycles. The van der Waals surface area contributed by atoms with Crippen molar-refractivity contribution in [1.82, 2.24) is 4.90 Å². The molecule has 0 fully saturated rings. The summed E-state index contributed by atoms with van der Waals surface area (Å²) in [6.07, 6.45) is 1.80. The molecule has 7 heteroatoms. The Labute approximate surface area is 234 Å². The third-order valence-electron chi connectivity index (χ3n) is 8.11. The Hall–Kier alpha value is -3.74. The maximum Gasteiger partial charge on any atom is 0.305 e. The van der Waals surface area contributed by atoms with E-state index in [1.54, 1.807) is 12.1 Å². The molecular formula is C33H36FNO5. The molecule has 0 spiro atoms. The first kappa shape index (κ1) is 27.8. The first-order valence-corrected chi connectivity index (χ1v) is 13.8. The van der Waals surface area contributed by atoms with E-state index in [4.69, 9.17) is 4.74 Å². The van der Waals surface area contributed by atoms with Crippen LogP contribution in [0.5, 0.6) is 5.75 Å². The number of aliphatic carboxylic acids is 1. The monoisotopic (exact) mass is 545 g/mol. The van der Waals surface area contributed by atoms with Gasteiger partial charge in [0.15, 0.2) is 11.6 Å². The fourth-order valence-electron chi connectivity index (χ4n) is 6.43. The molecule has 0 saturated heterocycles. The van der Waals surface area contributed by atoms with Crippen molar-refractivity contribution in [2.75, 3.05) is 6.54 Å². The summed E-state index contributed by atoms with van der Waals surface area (Å²) in [4.78, 5) is 41.5. The van der Waals surface area contributed by atoms with Crippen LogP contribution < -0.4 is 4.74 Å². The maximum atomic E-state index is 13.9. The van der Waals surface area contributed by atoms with Gasteiger partial charge in [0.1, 0.15) is 18.2 Å². The lowest BCUT2D eigenvalue weighted by atomic mass is 9.63. The molecule has 0 amide bonds. The molecule has 0 bridgehead atoms. The van der Waals surface area contributed by atoms with Crippen LogP contribution >= 0.6 is 0 Å². The molecule has 1 heterocycles. The van der Waals surface area contributed by atoms with Gasteiger partial charge in [-0.25, -0.2) is 4.39 Å². The minimum atomic E-state index is -0.922. The SMILES string of the molecule is CC1(C)CC(=O)C2=C(C1)N(CCC(=O)O)C1=C(C(=O)CC(C)(C)C1)C2c1ccccc1OCc1ccc(F)cc1. The molecular weight excluding hydrogens is 509 g/mol. The number of rotatable bonds is 7. The number of para-hydroxylation sites is 1. The topological polar surface area (TPSA) is 83.9 Å². The number of carbonyl (C=O) groups is 3. The van der Waals surface area contributed by atoms with Crippen LogP contribution in [0.2, 0.25) is 0 Å². The summed E-state index contributed by atoms with van der Waals surface area (Å²) < 4.78 is 19.7. The summed E-state index contributed by atoms with van der Waals surface area (Å²) in [7, 11) is 0. The van der Waals surface area contributed by atoms with E-state index in [1.807, 2.05) is 29.2 Å². The van der Waals surface area contributed by atoms with Gasteiger partial charge in [-0.15, -0.1) is 0 Å². The van der Waals surface area contributed by atoms with Crippen LogP contribution in [0.3, 0.4) is 0 Å². The van der Waals surface area contributed by atoms with Crippen LogP contribution in [0, 0.1) is 16.6 Å². The van der Waals surface area contributed by atoms with Gasteiger partial charge in [-0.1, -0.05) is 58.0 Å². The molecule has 1 aliphatic heterocycles. The predicted molar refractivity (Wildman–Crippen MR) is 149 cm³/mol. The average Bonchev–Trinajstić information content (AvgIpc) is 2.85. The molecule has 2 aromatic rings. The van der Waals surface area contributed by atoms with Gasteiger partial charge < -0.3 is 14.7 Å². The normalized spacial score (nSPS) is 20.4. The number of allylic oxidation sites excluding steroid dienone is 4. The van der Waals surface area contributed by atoms with E-state index >= 15 is 0 Å². The standard InChI is InChI=1S/C33H36FNO5/c1-32(2)15-23-30(25(36)17-32)29(22-7-5-6-8-27(22)40-19-20-9-11-21(34)12-10-20)31-24(35(23)14-13-28(38)39)16-33(3,4)18-26(31)37/h5-12,29H,13-19H2,1-4H3,(H,38,39). The maximum absolute atomic E-state index is 13.9. The Balaban J connectivity index is 1.67. The lowest BCUT2D eigenvalue weighted by Crippen LogP contribution is -2.45. The van der Waals surface area contributed by atoms with E-state index in [0.29, 0.717) is 42.6 Å². The summed E-state index contributed by atoms with van der Waals surface area (Å²) >= 11 is 0. The van der Waals surface area contributed by atoms with Crippen molar-refractivity contribution in [2.45, 2.75) is 72.3 Å². The predicted octanol–water partition coefficient (Wildman–Crippen LogP) is 6.57. The third-order valence-corrected chi connectivity index (χ3v) is 8.11. The Kier molecular flexibility index (Phi) is 7.19. The highest BCUT2D eigenvalue weighted by atomic mass is 19.1. The molecule has 0 aromatic heterocycles. The summed E-state index contributed by atoms with van der Waals surface area (Å²) in [5.41, 5.74) is 3.74. The molecule has 0 saturated carbocycles. The highest BCUT2D eigenvalue weighted by molar-refractivity contribution is 6.07. The minimum Gasteiger partial charge on any atom is -0.489 e. The van der Waals surface area contributed by atoms with Crippen molar-refractivity contribution in [3.8, 4) is 5.75 Å². The van der Waals surface area contributed by atoms with Gasteiger partial charge in [0.05, 0.1) is 6.42 Å². The molecule has 0 unspecified atom stereocenters. The molecule has 5 rings (SSSR count). The van der Waals surface area contributed by atoms with Gasteiger partial charge in [-0.05, 0) is 47.4 Å². The zero-order valence-corrected chi connectivity index (χ0v) is 23.6. The number of ether oxygens (including phenoxy) is 1. The molecule has 210 valence electrons. The largest absolute Gasteiger partial charge is 0.489 e. The molecule has 0 radical (unpaired) electrons. The van der Waals surface area contributed by atoms with Gasteiger partial charge >= 0.3 is 5.97 Å². The third kappa shape index (κ3) is 5.47. The number of hydrogen-bond donors (Lipinski definition) is 1. The lowest BCUT2D eigenvalue weighted by Gasteiger charge is -2.49. The number of nitrogens with zero attached hydrogens (tertiary/aromatic N) is 1. The fourth-order valence-corrected chi connectivity index (χ4v) is 6.43. The van der Waals surface area contributed by atoms with E-state index < -0.39 is 11.9 Å². The van der Waals surface area contributed by atoms with Crippen LogP contribution in [0.4, 0.5) is 4.39 Å². The molecule has 0 atom stereocenters.